The quantitative estimate of drug-likeness (QED) is 0.261. The second kappa shape index (κ2) is 23.7. The summed E-state index contributed by atoms with van der Waals surface area (Å²) in [7, 11) is 0.750. The monoisotopic (exact) mass is 491 g/mol. The largest absolute Gasteiger partial charge is 2.00 e. The van der Waals surface area contributed by atoms with Crippen LogP contribution >= 0.6 is 24.8 Å². The molecule has 0 aromatic carbocycles. The maximum Gasteiger partial charge on any atom is 2.00 e. The minimum atomic E-state index is 0. The van der Waals surface area contributed by atoms with Gasteiger partial charge in [-0.15, -0.1) is 51.5 Å². The summed E-state index contributed by atoms with van der Waals surface area (Å²) in [5.74, 6) is 0. The molecule has 0 unspecified atom stereocenters. The van der Waals surface area contributed by atoms with Gasteiger partial charge in [-0.25, -0.2) is 22.3 Å². The van der Waals surface area contributed by atoms with E-state index in [1.807, 2.05) is 0 Å². The van der Waals surface area contributed by atoms with E-state index in [1.54, 1.807) is 0 Å². The Kier molecular flexibility index (Phi) is 31.1. The van der Waals surface area contributed by atoms with Crippen molar-refractivity contribution in [2.75, 3.05) is 0 Å². The van der Waals surface area contributed by atoms with Gasteiger partial charge in [0.1, 0.15) is 0 Å². The summed E-state index contributed by atoms with van der Waals surface area (Å²) in [5.41, 5.74) is 5.82. The molecule has 1 radical (unpaired) electrons. The van der Waals surface area contributed by atoms with E-state index in [9.17, 15) is 0 Å². The molecular formula is C22H39Cl2SiZr. The van der Waals surface area contributed by atoms with E-state index < -0.39 is 0 Å². The molecule has 2 aliphatic carbocycles. The molecule has 0 aromatic rings. The zero-order chi connectivity index (χ0) is 17.5. The van der Waals surface area contributed by atoms with Crippen LogP contribution in [0.4, 0.5) is 0 Å². The fraction of sp³-hybridized carbons (Fsp3) is 0.636. The van der Waals surface area contributed by atoms with E-state index in [0.29, 0.717) is 0 Å². The van der Waals surface area contributed by atoms with Crippen molar-refractivity contribution in [3.8, 4) is 0 Å². The van der Waals surface area contributed by atoms with Gasteiger partial charge in [0.2, 0.25) is 0 Å². The molecule has 26 heavy (non-hydrogen) atoms. The molecule has 0 N–H and O–H groups in total. The Balaban J connectivity index is -0.000000147. The molecule has 0 spiro atoms. The molecule has 2 rings (SSSR count). The van der Waals surface area contributed by atoms with Crippen LogP contribution in [0.3, 0.4) is 0 Å². The first-order chi connectivity index (χ1) is 11.1. The van der Waals surface area contributed by atoms with Gasteiger partial charge < -0.3 is 0 Å². The summed E-state index contributed by atoms with van der Waals surface area (Å²) in [5, 5.41) is 0. The Bertz CT molecular complexity index is 397. The van der Waals surface area contributed by atoms with Gasteiger partial charge >= 0.3 is 26.2 Å². The number of allylic oxidation sites excluding steroid dienone is 8. The van der Waals surface area contributed by atoms with Gasteiger partial charge in [-0.3, -0.25) is 12.2 Å². The van der Waals surface area contributed by atoms with E-state index in [-0.39, 0.29) is 51.0 Å². The Morgan fingerprint density at radius 2 is 1.12 bits per heavy atom. The third-order valence-corrected chi connectivity index (χ3v) is 3.96. The number of rotatable bonds is 6. The van der Waals surface area contributed by atoms with Gasteiger partial charge in [0.05, 0.1) is 0 Å². The average molecular weight is 494 g/mol. The molecule has 0 saturated carbocycles. The van der Waals surface area contributed by atoms with Crippen molar-refractivity contribution in [1.29, 1.82) is 0 Å². The molecule has 0 saturated heterocycles. The standard InChI is InChI=1S/2C10H15.C2H7Si.2ClH.Zr/c2*1-3-4-7-10-8-5-6-9(10)2;1-3-2;;;/h2*6H,3-5,7H2,1-2H3;3H,1-2H3;2*1H;/q2*-1;;;;+2. The summed E-state index contributed by atoms with van der Waals surface area (Å²) < 4.78 is 0. The van der Waals surface area contributed by atoms with Crippen LogP contribution in [0, 0.1) is 12.2 Å². The van der Waals surface area contributed by atoms with E-state index in [4.69, 9.17) is 0 Å². The summed E-state index contributed by atoms with van der Waals surface area (Å²) in [6.45, 7) is 13.2. The minimum absolute atomic E-state index is 0. The summed E-state index contributed by atoms with van der Waals surface area (Å²) in [6, 6.07) is 0. The van der Waals surface area contributed by atoms with Gasteiger partial charge in [-0.2, -0.15) is 12.2 Å². The molecule has 0 atom stereocenters. The summed E-state index contributed by atoms with van der Waals surface area (Å²) >= 11 is 0. The fourth-order valence-corrected chi connectivity index (χ4v) is 2.46. The van der Waals surface area contributed by atoms with Gasteiger partial charge in [-0.05, 0) is 0 Å². The molecule has 0 bridgehead atoms. The molecule has 0 fully saturated rings. The molecule has 0 nitrogen and oxygen atoms in total. The van der Waals surface area contributed by atoms with Crippen molar-refractivity contribution in [3.05, 3.63) is 46.6 Å². The summed E-state index contributed by atoms with van der Waals surface area (Å²) in [6.07, 6.45) is 21.0. The SMILES string of the molecule is CCCCC1=[C-]CC=C1C.CCCCC1=[C-]CC=C1C.C[SiH]C.Cl.Cl.[Zr+2]. The molecule has 0 aromatic heterocycles. The van der Waals surface area contributed by atoms with Crippen molar-refractivity contribution in [1.82, 2.24) is 0 Å². The maximum atomic E-state index is 3.37. The number of hydrogen-bond donors (Lipinski definition) is 0. The number of halogens is 2. The van der Waals surface area contributed by atoms with E-state index >= 15 is 0 Å². The van der Waals surface area contributed by atoms with Crippen LogP contribution in [0.15, 0.2) is 34.4 Å². The van der Waals surface area contributed by atoms with Crippen LogP contribution in [-0.4, -0.2) is 9.52 Å². The van der Waals surface area contributed by atoms with Crippen LogP contribution in [0.2, 0.25) is 13.1 Å². The first-order valence-corrected chi connectivity index (χ1v) is 11.7. The first kappa shape index (κ1) is 34.2. The van der Waals surface area contributed by atoms with Crippen molar-refractivity contribution in [2.24, 2.45) is 0 Å². The smallest absolute Gasteiger partial charge is 0.269 e. The van der Waals surface area contributed by atoms with E-state index in [2.05, 4.69) is 65.1 Å². The van der Waals surface area contributed by atoms with E-state index in [1.165, 1.54) is 60.8 Å². The molecule has 149 valence electrons. The van der Waals surface area contributed by atoms with Crippen LogP contribution < -0.4 is 0 Å². The number of hydrogen-bond acceptors (Lipinski definition) is 0. The Hall–Kier alpha value is 0.640. The third-order valence-electron chi connectivity index (χ3n) is 3.96. The van der Waals surface area contributed by atoms with Crippen LogP contribution in [0.25, 0.3) is 0 Å². The molecule has 0 aliphatic heterocycles. The molecule has 0 amide bonds. The third kappa shape index (κ3) is 16.8. The maximum absolute atomic E-state index is 3.37. The minimum Gasteiger partial charge on any atom is -0.269 e. The predicted molar refractivity (Wildman–Crippen MR) is 123 cm³/mol. The molecule has 4 heteroatoms. The van der Waals surface area contributed by atoms with Crippen LogP contribution in [0.1, 0.15) is 79.1 Å². The van der Waals surface area contributed by atoms with Gasteiger partial charge in [0.15, 0.2) is 0 Å². The number of unbranched alkanes of at least 4 members (excludes halogenated alkanes) is 2. The Morgan fingerprint density at radius 1 is 0.808 bits per heavy atom. The fourth-order valence-electron chi connectivity index (χ4n) is 2.46. The zero-order valence-corrected chi connectivity index (χ0v) is 23.0. The van der Waals surface area contributed by atoms with Crippen molar-refractivity contribution < 1.29 is 26.2 Å². The first-order valence-electron chi connectivity index (χ1n) is 9.38. The molecule has 2 aliphatic rings. The van der Waals surface area contributed by atoms with Crippen LogP contribution in [0.5, 0.6) is 0 Å². The van der Waals surface area contributed by atoms with Gasteiger partial charge in [-0.1, -0.05) is 65.5 Å². The average Bonchev–Trinajstić information content (AvgIpc) is 3.13. The molecule has 0 heterocycles. The van der Waals surface area contributed by atoms with Gasteiger partial charge in [0.25, 0.3) is 0 Å². The topological polar surface area (TPSA) is 0 Å². The van der Waals surface area contributed by atoms with Gasteiger partial charge in [0, 0.05) is 9.52 Å². The molecular weight excluding hydrogens is 454 g/mol. The van der Waals surface area contributed by atoms with Crippen molar-refractivity contribution in [2.45, 2.75) is 92.2 Å². The zero-order valence-electron chi connectivity index (χ0n) is 17.7. The van der Waals surface area contributed by atoms with Crippen molar-refractivity contribution in [3.63, 3.8) is 0 Å². The summed E-state index contributed by atoms with van der Waals surface area (Å²) in [4.78, 5) is 0. The van der Waals surface area contributed by atoms with Crippen LogP contribution in [-0.2, 0) is 26.2 Å². The second-order valence-corrected chi connectivity index (χ2v) is 7.43. The Labute approximate surface area is 198 Å². The Morgan fingerprint density at radius 3 is 1.31 bits per heavy atom. The normalized spacial score (nSPS) is 13.8. The second-order valence-electron chi connectivity index (χ2n) is 6.28. The van der Waals surface area contributed by atoms with Crippen molar-refractivity contribution >= 4 is 34.3 Å². The van der Waals surface area contributed by atoms with E-state index in [0.717, 1.165) is 22.4 Å². The predicted octanol–water partition coefficient (Wildman–Crippen LogP) is 7.87.